The number of nitrogens with one attached hydrogen (secondary N) is 2. The number of pyridine rings is 1. The number of amides is 1. The molecule has 4 aromatic rings. The first-order valence-corrected chi connectivity index (χ1v) is 13.3. The molecule has 0 unspecified atom stereocenters. The van der Waals surface area contributed by atoms with Crippen molar-refractivity contribution >= 4 is 39.0 Å². The minimum atomic E-state index is -0.157. The summed E-state index contributed by atoms with van der Waals surface area (Å²) in [5.41, 5.74) is 6.27. The summed E-state index contributed by atoms with van der Waals surface area (Å²) in [6, 6.07) is 15.5. The fraction of sp³-hybridized carbons (Fsp3) is 0.241. The summed E-state index contributed by atoms with van der Waals surface area (Å²) >= 11 is 3.68. The number of piperazine rings is 1. The molecule has 1 aliphatic rings. The van der Waals surface area contributed by atoms with Crippen LogP contribution in [-0.4, -0.2) is 63.9 Å². The van der Waals surface area contributed by atoms with Gasteiger partial charge in [0.2, 0.25) is 0 Å². The van der Waals surface area contributed by atoms with Gasteiger partial charge in [0.15, 0.2) is 0 Å². The SMILES string of the molecule is Cc1ccc(NC(=O)c2ccc(CN3CCN(C)CC3)c(Br)c2)cc1Nc1cc(-c2cncnc2)ccn1. The number of aromatic nitrogens is 3. The second-order valence-electron chi connectivity index (χ2n) is 9.55. The minimum absolute atomic E-state index is 0.157. The smallest absolute Gasteiger partial charge is 0.255 e. The summed E-state index contributed by atoms with van der Waals surface area (Å²) < 4.78 is 0.949. The van der Waals surface area contributed by atoms with Crippen molar-refractivity contribution in [2.24, 2.45) is 0 Å². The van der Waals surface area contributed by atoms with E-state index in [2.05, 4.69) is 58.4 Å². The van der Waals surface area contributed by atoms with Crippen LogP contribution in [0.5, 0.6) is 0 Å². The Bertz CT molecular complexity index is 1420. The van der Waals surface area contributed by atoms with Crippen LogP contribution in [0.4, 0.5) is 17.2 Å². The number of hydrogen-bond donors (Lipinski definition) is 2. The molecule has 194 valence electrons. The highest BCUT2D eigenvalue weighted by Gasteiger charge is 2.16. The first kappa shape index (κ1) is 26.0. The topological polar surface area (TPSA) is 86.3 Å². The number of hydrogen-bond acceptors (Lipinski definition) is 7. The van der Waals surface area contributed by atoms with E-state index >= 15 is 0 Å². The fourth-order valence-electron chi connectivity index (χ4n) is 4.37. The van der Waals surface area contributed by atoms with Crippen LogP contribution in [0.2, 0.25) is 0 Å². The molecule has 0 bridgehead atoms. The summed E-state index contributed by atoms with van der Waals surface area (Å²) in [5.74, 6) is 0.536. The molecule has 0 spiro atoms. The Labute approximate surface area is 231 Å². The number of benzene rings is 2. The van der Waals surface area contributed by atoms with Crippen molar-refractivity contribution in [3.8, 4) is 11.1 Å². The van der Waals surface area contributed by atoms with Gasteiger partial charge in [-0.3, -0.25) is 9.69 Å². The van der Waals surface area contributed by atoms with E-state index in [4.69, 9.17) is 0 Å². The molecule has 2 N–H and O–H groups in total. The standard InChI is InChI=1S/C29H30BrN7O/c1-20-3-6-25(15-27(20)35-28-14-21(7-8-33-28)24-16-31-19-32-17-24)34-29(38)22-4-5-23(26(30)13-22)18-37-11-9-36(2)10-12-37/h3-8,13-17,19H,9-12,18H2,1-2H3,(H,33,35)(H,34,38). The second-order valence-corrected chi connectivity index (χ2v) is 10.4. The summed E-state index contributed by atoms with van der Waals surface area (Å²) in [4.78, 5) is 30.5. The molecule has 1 saturated heterocycles. The zero-order chi connectivity index (χ0) is 26.5. The Morgan fingerprint density at radius 3 is 2.53 bits per heavy atom. The average Bonchev–Trinajstić information content (AvgIpc) is 2.93. The van der Waals surface area contributed by atoms with E-state index in [-0.39, 0.29) is 5.91 Å². The van der Waals surface area contributed by atoms with Crippen LogP contribution in [-0.2, 0) is 6.54 Å². The first-order chi connectivity index (χ1) is 18.4. The molecular formula is C29H30BrN7O. The van der Waals surface area contributed by atoms with Gasteiger partial charge in [-0.25, -0.2) is 15.0 Å². The highest BCUT2D eigenvalue weighted by Crippen LogP contribution is 2.27. The van der Waals surface area contributed by atoms with Gasteiger partial charge >= 0.3 is 0 Å². The number of nitrogens with zero attached hydrogens (tertiary/aromatic N) is 5. The van der Waals surface area contributed by atoms with Crippen molar-refractivity contribution in [1.82, 2.24) is 24.8 Å². The lowest BCUT2D eigenvalue weighted by Gasteiger charge is -2.32. The van der Waals surface area contributed by atoms with Crippen molar-refractivity contribution in [3.05, 3.63) is 94.6 Å². The van der Waals surface area contributed by atoms with E-state index in [1.807, 2.05) is 55.5 Å². The van der Waals surface area contributed by atoms with Crippen LogP contribution in [0.3, 0.4) is 0 Å². The highest BCUT2D eigenvalue weighted by atomic mass is 79.9. The number of carbonyl (C=O) groups excluding carboxylic acids is 1. The third-order valence-electron chi connectivity index (χ3n) is 6.72. The average molecular weight is 573 g/mol. The third-order valence-corrected chi connectivity index (χ3v) is 7.46. The molecular weight excluding hydrogens is 542 g/mol. The van der Waals surface area contributed by atoms with Crippen molar-refractivity contribution in [3.63, 3.8) is 0 Å². The molecule has 0 radical (unpaired) electrons. The van der Waals surface area contributed by atoms with E-state index in [0.717, 1.165) is 59.6 Å². The molecule has 1 fully saturated rings. The second kappa shape index (κ2) is 11.8. The summed E-state index contributed by atoms with van der Waals surface area (Å²) in [7, 11) is 2.16. The molecule has 2 aromatic carbocycles. The number of likely N-dealkylation sites (N-methyl/N-ethyl adjacent to an activating group) is 1. The molecule has 5 rings (SSSR count). The quantitative estimate of drug-likeness (QED) is 0.309. The largest absolute Gasteiger partial charge is 0.340 e. The molecule has 38 heavy (non-hydrogen) atoms. The maximum absolute atomic E-state index is 13.1. The molecule has 1 aliphatic heterocycles. The van der Waals surface area contributed by atoms with Crippen LogP contribution in [0.1, 0.15) is 21.5 Å². The van der Waals surface area contributed by atoms with Gasteiger partial charge in [0.25, 0.3) is 5.91 Å². The zero-order valence-electron chi connectivity index (χ0n) is 21.5. The molecule has 1 amide bonds. The lowest BCUT2D eigenvalue weighted by atomic mass is 10.1. The maximum Gasteiger partial charge on any atom is 0.255 e. The molecule has 3 heterocycles. The normalized spacial score (nSPS) is 14.3. The lowest BCUT2D eigenvalue weighted by molar-refractivity contribution is 0.102. The van der Waals surface area contributed by atoms with Gasteiger partial charge in [-0.15, -0.1) is 0 Å². The zero-order valence-corrected chi connectivity index (χ0v) is 23.1. The van der Waals surface area contributed by atoms with Crippen LogP contribution >= 0.6 is 15.9 Å². The Hall–Kier alpha value is -3.66. The van der Waals surface area contributed by atoms with Crippen molar-refractivity contribution in [2.45, 2.75) is 13.5 Å². The van der Waals surface area contributed by atoms with Gasteiger partial charge in [-0.2, -0.15) is 0 Å². The van der Waals surface area contributed by atoms with E-state index in [1.165, 1.54) is 11.9 Å². The van der Waals surface area contributed by atoms with E-state index in [0.29, 0.717) is 17.1 Å². The number of aryl methyl sites for hydroxylation is 1. The number of anilines is 3. The van der Waals surface area contributed by atoms with Crippen LogP contribution in [0.15, 0.2) is 77.9 Å². The Morgan fingerprint density at radius 1 is 0.974 bits per heavy atom. The van der Waals surface area contributed by atoms with Crippen molar-refractivity contribution < 1.29 is 4.79 Å². The Balaban J connectivity index is 1.26. The molecule has 9 heteroatoms. The number of carbonyl (C=O) groups is 1. The molecule has 0 atom stereocenters. The van der Waals surface area contributed by atoms with E-state index in [1.54, 1.807) is 18.6 Å². The summed E-state index contributed by atoms with van der Waals surface area (Å²) in [6.45, 7) is 7.14. The van der Waals surface area contributed by atoms with Gasteiger partial charge in [-0.05, 0) is 67.1 Å². The molecule has 0 aliphatic carbocycles. The predicted octanol–water partition coefficient (Wildman–Crippen LogP) is 5.35. The van der Waals surface area contributed by atoms with Gasteiger partial charge in [0.1, 0.15) is 12.1 Å². The first-order valence-electron chi connectivity index (χ1n) is 12.5. The van der Waals surface area contributed by atoms with Gasteiger partial charge in [-0.1, -0.05) is 28.1 Å². The predicted molar refractivity (Wildman–Crippen MR) is 155 cm³/mol. The minimum Gasteiger partial charge on any atom is -0.340 e. The molecule has 0 saturated carbocycles. The number of rotatable bonds is 7. The van der Waals surface area contributed by atoms with Gasteiger partial charge < -0.3 is 15.5 Å². The maximum atomic E-state index is 13.1. The monoisotopic (exact) mass is 571 g/mol. The van der Waals surface area contributed by atoms with Crippen molar-refractivity contribution in [2.75, 3.05) is 43.9 Å². The molecule has 2 aromatic heterocycles. The summed E-state index contributed by atoms with van der Waals surface area (Å²) in [6.07, 6.45) is 6.79. The lowest BCUT2D eigenvalue weighted by Crippen LogP contribution is -2.43. The van der Waals surface area contributed by atoms with E-state index < -0.39 is 0 Å². The Morgan fingerprint density at radius 2 is 1.76 bits per heavy atom. The van der Waals surface area contributed by atoms with Crippen LogP contribution < -0.4 is 10.6 Å². The summed E-state index contributed by atoms with van der Waals surface area (Å²) in [5, 5.41) is 6.40. The molecule has 8 nitrogen and oxygen atoms in total. The van der Waals surface area contributed by atoms with Gasteiger partial charge in [0.05, 0.1) is 0 Å². The third kappa shape index (κ3) is 6.42. The highest BCUT2D eigenvalue weighted by molar-refractivity contribution is 9.10. The fourth-order valence-corrected chi connectivity index (χ4v) is 4.87. The van der Waals surface area contributed by atoms with E-state index in [9.17, 15) is 4.79 Å². The number of halogens is 1. The van der Waals surface area contributed by atoms with Gasteiger partial charge in [0, 0.05) is 78.3 Å². The van der Waals surface area contributed by atoms with Crippen LogP contribution in [0.25, 0.3) is 11.1 Å². The van der Waals surface area contributed by atoms with Crippen LogP contribution in [0, 0.1) is 6.92 Å². The Kier molecular flexibility index (Phi) is 8.07. The van der Waals surface area contributed by atoms with Crippen molar-refractivity contribution in [1.29, 1.82) is 0 Å².